The zero-order valence-corrected chi connectivity index (χ0v) is 11.1. The molecule has 1 nitrogen and oxygen atoms in total. The fourth-order valence-electron chi connectivity index (χ4n) is 3.06. The Labute approximate surface area is 105 Å². The van der Waals surface area contributed by atoms with E-state index in [9.17, 15) is 0 Å². The molecule has 1 N–H and O–H groups in total. The monoisotopic (exact) mass is 229 g/mol. The van der Waals surface area contributed by atoms with Gasteiger partial charge in [-0.15, -0.1) is 0 Å². The average molecular weight is 229 g/mol. The van der Waals surface area contributed by atoms with E-state index in [1.165, 1.54) is 5.56 Å². The van der Waals surface area contributed by atoms with Gasteiger partial charge in [0.05, 0.1) is 0 Å². The van der Waals surface area contributed by atoms with Gasteiger partial charge >= 0.3 is 0 Å². The van der Waals surface area contributed by atoms with Crippen LogP contribution in [0.15, 0.2) is 42.0 Å². The first-order chi connectivity index (χ1) is 8.18. The lowest BCUT2D eigenvalue weighted by molar-refractivity contribution is 0.290. The zero-order valence-electron chi connectivity index (χ0n) is 11.1. The summed E-state index contributed by atoms with van der Waals surface area (Å²) in [5.74, 6) is 2.29. The second kappa shape index (κ2) is 5.50. The van der Waals surface area contributed by atoms with Crippen LogP contribution in [-0.2, 0) is 6.54 Å². The summed E-state index contributed by atoms with van der Waals surface area (Å²) in [7, 11) is 0. The third-order valence-electron chi connectivity index (χ3n) is 3.87. The zero-order chi connectivity index (χ0) is 12.3. The Kier molecular flexibility index (Phi) is 4.01. The van der Waals surface area contributed by atoms with E-state index >= 15 is 0 Å². The highest BCUT2D eigenvalue weighted by Gasteiger charge is 2.30. The van der Waals surface area contributed by atoms with Crippen molar-refractivity contribution in [2.75, 3.05) is 6.54 Å². The lowest BCUT2D eigenvalue weighted by Gasteiger charge is -2.37. The van der Waals surface area contributed by atoms with Crippen molar-refractivity contribution in [3.05, 3.63) is 47.5 Å². The van der Waals surface area contributed by atoms with Gasteiger partial charge in [0, 0.05) is 6.54 Å². The molecule has 3 atom stereocenters. The first kappa shape index (κ1) is 12.4. The molecule has 92 valence electrons. The highest BCUT2D eigenvalue weighted by Crippen LogP contribution is 2.38. The van der Waals surface area contributed by atoms with Gasteiger partial charge in [-0.2, -0.15) is 0 Å². The molecule has 3 unspecified atom stereocenters. The Morgan fingerprint density at radius 3 is 2.53 bits per heavy atom. The van der Waals surface area contributed by atoms with Gasteiger partial charge in [0.1, 0.15) is 0 Å². The number of nitrogens with one attached hydrogen (secondary N) is 1. The predicted molar refractivity (Wildman–Crippen MR) is 73.7 cm³/mol. The first-order valence-electron chi connectivity index (χ1n) is 6.61. The summed E-state index contributed by atoms with van der Waals surface area (Å²) in [6, 6.07) is 10.6. The van der Waals surface area contributed by atoms with E-state index < -0.39 is 0 Å². The number of allylic oxidation sites excluding steroid dienone is 2. The summed E-state index contributed by atoms with van der Waals surface area (Å²) in [5, 5.41) is 3.56. The number of benzene rings is 1. The van der Waals surface area contributed by atoms with Gasteiger partial charge in [-0.3, -0.25) is 0 Å². The quantitative estimate of drug-likeness (QED) is 0.760. The van der Waals surface area contributed by atoms with Crippen LogP contribution in [0.5, 0.6) is 0 Å². The van der Waals surface area contributed by atoms with E-state index in [1.54, 1.807) is 5.57 Å². The van der Waals surface area contributed by atoms with Crippen molar-refractivity contribution in [2.45, 2.75) is 27.3 Å². The molecule has 0 radical (unpaired) electrons. The van der Waals surface area contributed by atoms with Crippen LogP contribution in [0.3, 0.4) is 0 Å². The SMILES string of the molecule is CC1=CC(C)C1C(C)CNCc1ccccc1. The molecule has 2 rings (SSSR count). The summed E-state index contributed by atoms with van der Waals surface area (Å²) >= 11 is 0. The average Bonchev–Trinajstić information content (AvgIpc) is 2.30. The predicted octanol–water partition coefficient (Wildman–Crippen LogP) is 3.62. The van der Waals surface area contributed by atoms with Crippen molar-refractivity contribution in [1.29, 1.82) is 0 Å². The second-order valence-corrected chi connectivity index (χ2v) is 5.39. The fourth-order valence-corrected chi connectivity index (χ4v) is 3.06. The fraction of sp³-hybridized carbons (Fsp3) is 0.500. The van der Waals surface area contributed by atoms with Crippen LogP contribution in [0, 0.1) is 17.8 Å². The van der Waals surface area contributed by atoms with Gasteiger partial charge in [0.2, 0.25) is 0 Å². The van der Waals surface area contributed by atoms with Gasteiger partial charge in [-0.05, 0) is 36.8 Å². The lowest BCUT2D eigenvalue weighted by Crippen LogP contribution is -2.34. The molecule has 0 aromatic heterocycles. The minimum Gasteiger partial charge on any atom is -0.312 e. The summed E-state index contributed by atoms with van der Waals surface area (Å²) in [6.45, 7) is 9.03. The third-order valence-corrected chi connectivity index (χ3v) is 3.87. The van der Waals surface area contributed by atoms with Gasteiger partial charge in [0.25, 0.3) is 0 Å². The normalized spacial score (nSPS) is 25.0. The molecule has 0 spiro atoms. The molecule has 0 saturated carbocycles. The molecule has 1 aromatic rings. The Hall–Kier alpha value is -1.08. The van der Waals surface area contributed by atoms with Crippen molar-refractivity contribution in [3.63, 3.8) is 0 Å². The van der Waals surface area contributed by atoms with Crippen molar-refractivity contribution >= 4 is 0 Å². The Morgan fingerprint density at radius 1 is 1.24 bits per heavy atom. The molecule has 1 aliphatic rings. The molecule has 0 fully saturated rings. The first-order valence-corrected chi connectivity index (χ1v) is 6.61. The molecule has 1 heteroatoms. The Bertz CT molecular complexity index is 380. The Morgan fingerprint density at radius 2 is 1.94 bits per heavy atom. The van der Waals surface area contributed by atoms with Crippen LogP contribution in [-0.4, -0.2) is 6.54 Å². The topological polar surface area (TPSA) is 12.0 Å². The largest absolute Gasteiger partial charge is 0.312 e. The van der Waals surface area contributed by atoms with Crippen LogP contribution in [0.4, 0.5) is 0 Å². The number of hydrogen-bond donors (Lipinski definition) is 1. The van der Waals surface area contributed by atoms with Crippen LogP contribution in [0.25, 0.3) is 0 Å². The molecule has 0 aliphatic heterocycles. The van der Waals surface area contributed by atoms with E-state index in [-0.39, 0.29) is 0 Å². The lowest BCUT2D eigenvalue weighted by atomic mass is 9.70. The smallest absolute Gasteiger partial charge is 0.0205 e. The van der Waals surface area contributed by atoms with Crippen LogP contribution < -0.4 is 5.32 Å². The minimum absolute atomic E-state index is 0.735. The molecule has 0 heterocycles. The van der Waals surface area contributed by atoms with Crippen molar-refractivity contribution in [1.82, 2.24) is 5.32 Å². The molecule has 0 amide bonds. The molecular weight excluding hydrogens is 206 g/mol. The summed E-state index contributed by atoms with van der Waals surface area (Å²) in [4.78, 5) is 0. The van der Waals surface area contributed by atoms with E-state index in [1.807, 2.05) is 0 Å². The summed E-state index contributed by atoms with van der Waals surface area (Å²) in [6.07, 6.45) is 2.39. The minimum atomic E-state index is 0.735. The van der Waals surface area contributed by atoms with Gasteiger partial charge in [-0.25, -0.2) is 0 Å². The van der Waals surface area contributed by atoms with E-state index in [0.29, 0.717) is 0 Å². The van der Waals surface area contributed by atoms with Crippen LogP contribution in [0.2, 0.25) is 0 Å². The number of rotatable bonds is 5. The standard InChI is InChI=1S/C16H23N/c1-12-9-13(2)16(12)14(3)10-17-11-15-7-5-4-6-8-15/h4-9,12,14,16-17H,10-11H2,1-3H3. The van der Waals surface area contributed by atoms with E-state index in [0.717, 1.165) is 30.8 Å². The molecule has 0 saturated heterocycles. The van der Waals surface area contributed by atoms with Crippen molar-refractivity contribution in [3.8, 4) is 0 Å². The summed E-state index contributed by atoms with van der Waals surface area (Å²) in [5.41, 5.74) is 2.94. The van der Waals surface area contributed by atoms with E-state index in [4.69, 9.17) is 0 Å². The van der Waals surface area contributed by atoms with Gasteiger partial charge < -0.3 is 5.32 Å². The van der Waals surface area contributed by atoms with Gasteiger partial charge in [0.15, 0.2) is 0 Å². The highest BCUT2D eigenvalue weighted by atomic mass is 14.9. The van der Waals surface area contributed by atoms with Crippen molar-refractivity contribution < 1.29 is 0 Å². The van der Waals surface area contributed by atoms with Gasteiger partial charge in [-0.1, -0.05) is 55.8 Å². The Balaban J connectivity index is 1.74. The second-order valence-electron chi connectivity index (χ2n) is 5.39. The van der Waals surface area contributed by atoms with Crippen LogP contribution in [0.1, 0.15) is 26.3 Å². The molecule has 1 aliphatic carbocycles. The maximum Gasteiger partial charge on any atom is 0.0205 e. The molecular formula is C16H23N. The summed E-state index contributed by atoms with van der Waals surface area (Å²) < 4.78 is 0. The molecule has 1 aromatic carbocycles. The maximum absolute atomic E-state index is 3.56. The van der Waals surface area contributed by atoms with Crippen molar-refractivity contribution in [2.24, 2.45) is 17.8 Å². The van der Waals surface area contributed by atoms with E-state index in [2.05, 4.69) is 62.5 Å². The van der Waals surface area contributed by atoms with Crippen LogP contribution >= 0.6 is 0 Å². The highest BCUT2D eigenvalue weighted by molar-refractivity contribution is 5.20. The molecule has 0 bridgehead atoms. The third kappa shape index (κ3) is 2.98. The maximum atomic E-state index is 3.56. The number of hydrogen-bond acceptors (Lipinski definition) is 1. The molecule has 17 heavy (non-hydrogen) atoms.